The Morgan fingerprint density at radius 1 is 1.25 bits per heavy atom. The molecule has 0 aliphatic rings. The second-order valence-corrected chi connectivity index (χ2v) is 4.29. The van der Waals surface area contributed by atoms with E-state index in [1.165, 1.54) is 18.2 Å². The van der Waals surface area contributed by atoms with Gasteiger partial charge in [0.05, 0.1) is 10.5 Å². The van der Waals surface area contributed by atoms with Gasteiger partial charge >= 0.3 is 5.97 Å². The highest BCUT2D eigenvalue weighted by Gasteiger charge is 2.14. The molecule has 2 rings (SSSR count). The van der Waals surface area contributed by atoms with Crippen molar-refractivity contribution in [3.05, 3.63) is 63.7 Å². The summed E-state index contributed by atoms with van der Waals surface area (Å²) in [6, 6.07) is 10.9. The highest BCUT2D eigenvalue weighted by Crippen LogP contribution is 2.28. The predicted octanol–water partition coefficient (Wildman–Crippen LogP) is 3.35. The molecule has 0 spiro atoms. The maximum Gasteiger partial charge on any atom is 0.335 e. The summed E-state index contributed by atoms with van der Waals surface area (Å²) in [5, 5.41) is 22.8. The Morgan fingerprint density at radius 2 is 2.00 bits per heavy atom. The minimum Gasteiger partial charge on any atom is -0.478 e. The second kappa shape index (κ2) is 5.40. The molecule has 0 saturated carbocycles. The van der Waals surface area contributed by atoms with Crippen LogP contribution in [0.25, 0.3) is 0 Å². The van der Waals surface area contributed by atoms with Crippen LogP contribution in [0, 0.1) is 17.0 Å². The number of carboxylic acids is 1. The number of carboxylic acid groups (broad SMARTS) is 1. The average molecular weight is 272 g/mol. The molecule has 2 aromatic carbocycles. The van der Waals surface area contributed by atoms with Crippen LogP contribution in [0.3, 0.4) is 0 Å². The average Bonchev–Trinajstić information content (AvgIpc) is 2.41. The maximum absolute atomic E-state index is 11.0. The third-order valence-electron chi connectivity index (χ3n) is 2.74. The minimum atomic E-state index is -1.05. The zero-order valence-corrected chi connectivity index (χ0v) is 10.7. The van der Waals surface area contributed by atoms with Crippen molar-refractivity contribution in [2.75, 3.05) is 5.32 Å². The van der Waals surface area contributed by atoms with Gasteiger partial charge in [-0.1, -0.05) is 12.1 Å². The van der Waals surface area contributed by atoms with E-state index in [1.807, 2.05) is 0 Å². The van der Waals surface area contributed by atoms with Gasteiger partial charge in [-0.05, 0) is 36.8 Å². The van der Waals surface area contributed by atoms with Crippen LogP contribution in [0.15, 0.2) is 42.5 Å². The first-order chi connectivity index (χ1) is 9.47. The number of rotatable bonds is 4. The zero-order chi connectivity index (χ0) is 14.7. The van der Waals surface area contributed by atoms with Gasteiger partial charge in [0, 0.05) is 11.8 Å². The van der Waals surface area contributed by atoms with Crippen LogP contribution in [0.5, 0.6) is 0 Å². The Labute approximate surface area is 114 Å². The lowest BCUT2D eigenvalue weighted by Crippen LogP contribution is -2.00. The van der Waals surface area contributed by atoms with Crippen LogP contribution < -0.4 is 5.32 Å². The number of nitrogens with one attached hydrogen (secondary N) is 1. The van der Waals surface area contributed by atoms with E-state index < -0.39 is 10.9 Å². The zero-order valence-electron chi connectivity index (χ0n) is 10.7. The summed E-state index contributed by atoms with van der Waals surface area (Å²) in [4.78, 5) is 21.4. The number of nitrogens with zero attached hydrogens (tertiary/aromatic N) is 1. The van der Waals surface area contributed by atoms with E-state index in [0.29, 0.717) is 11.4 Å². The van der Waals surface area contributed by atoms with Crippen LogP contribution in [-0.2, 0) is 0 Å². The van der Waals surface area contributed by atoms with Crippen LogP contribution in [0.4, 0.5) is 17.1 Å². The number of hydrogen-bond donors (Lipinski definition) is 2. The molecule has 0 aliphatic heterocycles. The molecule has 0 aromatic heterocycles. The predicted molar refractivity (Wildman–Crippen MR) is 74.5 cm³/mol. The van der Waals surface area contributed by atoms with Crippen molar-refractivity contribution in [3.8, 4) is 0 Å². The number of carbonyl (C=O) groups is 1. The molecule has 0 bridgehead atoms. The maximum atomic E-state index is 11.0. The Kier molecular flexibility index (Phi) is 3.65. The fourth-order valence-electron chi connectivity index (χ4n) is 1.78. The normalized spacial score (nSPS) is 10.1. The van der Waals surface area contributed by atoms with Gasteiger partial charge in [0.1, 0.15) is 5.69 Å². The first kappa shape index (κ1) is 13.5. The minimum absolute atomic E-state index is 0.0503. The van der Waals surface area contributed by atoms with Gasteiger partial charge in [0.15, 0.2) is 0 Å². The topological polar surface area (TPSA) is 92.5 Å². The third-order valence-corrected chi connectivity index (χ3v) is 2.74. The van der Waals surface area contributed by atoms with Gasteiger partial charge in [0.2, 0.25) is 0 Å². The summed E-state index contributed by atoms with van der Waals surface area (Å²) in [6.07, 6.45) is 0. The first-order valence-electron chi connectivity index (χ1n) is 5.83. The fraction of sp³-hybridized carbons (Fsp3) is 0.0714. The molecular weight excluding hydrogens is 260 g/mol. The van der Waals surface area contributed by atoms with E-state index in [2.05, 4.69) is 5.32 Å². The summed E-state index contributed by atoms with van der Waals surface area (Å²) in [7, 11) is 0. The Hall–Kier alpha value is -2.89. The van der Waals surface area contributed by atoms with Crippen molar-refractivity contribution in [2.45, 2.75) is 6.92 Å². The number of aromatic carboxylic acids is 1. The summed E-state index contributed by atoms with van der Waals surface area (Å²) >= 11 is 0. The second-order valence-electron chi connectivity index (χ2n) is 4.29. The molecule has 2 N–H and O–H groups in total. The van der Waals surface area contributed by atoms with E-state index in [-0.39, 0.29) is 11.3 Å². The highest BCUT2D eigenvalue weighted by molar-refractivity contribution is 5.89. The van der Waals surface area contributed by atoms with E-state index >= 15 is 0 Å². The Balaban J connectivity index is 2.37. The molecule has 2 aromatic rings. The summed E-state index contributed by atoms with van der Waals surface area (Å²) in [6.45, 7) is 1.77. The van der Waals surface area contributed by atoms with Crippen molar-refractivity contribution in [1.29, 1.82) is 0 Å². The monoisotopic (exact) mass is 272 g/mol. The molecule has 0 aliphatic carbocycles. The lowest BCUT2D eigenvalue weighted by Gasteiger charge is -2.08. The number of nitro benzene ring substituents is 1. The van der Waals surface area contributed by atoms with Crippen LogP contribution in [-0.4, -0.2) is 16.0 Å². The highest BCUT2D eigenvalue weighted by atomic mass is 16.6. The molecule has 0 atom stereocenters. The summed E-state index contributed by atoms with van der Waals surface area (Å²) < 4.78 is 0. The van der Waals surface area contributed by atoms with Crippen molar-refractivity contribution in [3.63, 3.8) is 0 Å². The number of benzene rings is 2. The smallest absolute Gasteiger partial charge is 0.335 e. The number of nitro groups is 1. The van der Waals surface area contributed by atoms with Crippen molar-refractivity contribution in [1.82, 2.24) is 0 Å². The third kappa shape index (κ3) is 2.92. The molecule has 102 valence electrons. The van der Waals surface area contributed by atoms with Crippen molar-refractivity contribution < 1.29 is 14.8 Å². The van der Waals surface area contributed by atoms with E-state index in [1.54, 1.807) is 31.2 Å². The van der Waals surface area contributed by atoms with Gasteiger partial charge in [-0.3, -0.25) is 10.1 Å². The standard InChI is InChI=1S/C14H12N2O4/c1-9-5-6-12(13(7-9)16(19)20)15-11-4-2-3-10(8-11)14(17)18/h2-8,15H,1H3,(H,17,18). The van der Waals surface area contributed by atoms with Crippen LogP contribution >= 0.6 is 0 Å². The molecule has 0 heterocycles. The molecule has 0 saturated heterocycles. The Morgan fingerprint density at radius 3 is 2.65 bits per heavy atom. The molecule has 6 nitrogen and oxygen atoms in total. The van der Waals surface area contributed by atoms with Gasteiger partial charge in [-0.25, -0.2) is 4.79 Å². The van der Waals surface area contributed by atoms with Crippen molar-refractivity contribution in [2.24, 2.45) is 0 Å². The van der Waals surface area contributed by atoms with E-state index in [0.717, 1.165) is 5.56 Å². The molecule has 0 amide bonds. The number of aryl methyl sites for hydroxylation is 1. The molecule has 20 heavy (non-hydrogen) atoms. The lowest BCUT2D eigenvalue weighted by molar-refractivity contribution is -0.384. The SMILES string of the molecule is Cc1ccc(Nc2cccc(C(=O)O)c2)c([N+](=O)[O-])c1. The molecular formula is C14H12N2O4. The van der Waals surface area contributed by atoms with Crippen LogP contribution in [0.2, 0.25) is 0 Å². The van der Waals surface area contributed by atoms with E-state index in [9.17, 15) is 14.9 Å². The summed E-state index contributed by atoms with van der Waals surface area (Å²) in [5.41, 5.74) is 1.65. The van der Waals surface area contributed by atoms with Gasteiger partial charge in [-0.2, -0.15) is 0 Å². The summed E-state index contributed by atoms with van der Waals surface area (Å²) in [5.74, 6) is -1.05. The van der Waals surface area contributed by atoms with Crippen molar-refractivity contribution >= 4 is 23.0 Å². The molecule has 0 radical (unpaired) electrons. The number of hydrogen-bond acceptors (Lipinski definition) is 4. The van der Waals surface area contributed by atoms with E-state index in [4.69, 9.17) is 5.11 Å². The lowest BCUT2D eigenvalue weighted by atomic mass is 10.1. The quantitative estimate of drug-likeness (QED) is 0.657. The molecule has 0 unspecified atom stereocenters. The van der Waals surface area contributed by atoms with Gasteiger partial charge in [-0.15, -0.1) is 0 Å². The molecule has 6 heteroatoms. The Bertz CT molecular complexity index is 683. The first-order valence-corrected chi connectivity index (χ1v) is 5.83. The number of anilines is 2. The van der Waals surface area contributed by atoms with Gasteiger partial charge < -0.3 is 10.4 Å². The fourth-order valence-corrected chi connectivity index (χ4v) is 1.78. The largest absolute Gasteiger partial charge is 0.478 e. The molecule has 0 fully saturated rings. The van der Waals surface area contributed by atoms with Crippen LogP contribution in [0.1, 0.15) is 15.9 Å². The van der Waals surface area contributed by atoms with Gasteiger partial charge in [0.25, 0.3) is 5.69 Å².